The number of carbonyl (C=O) groups is 1. The summed E-state index contributed by atoms with van der Waals surface area (Å²) in [5.41, 5.74) is 3.13. The Morgan fingerprint density at radius 1 is 1.06 bits per heavy atom. The number of rotatable bonds is 7. The van der Waals surface area contributed by atoms with E-state index in [0.717, 1.165) is 15.7 Å². The van der Waals surface area contributed by atoms with E-state index in [1.165, 1.54) is 21.3 Å². The molecular weight excluding hydrogens is 474 g/mol. The second kappa shape index (κ2) is 10.2. The van der Waals surface area contributed by atoms with Gasteiger partial charge in [0.1, 0.15) is 6.04 Å². The van der Waals surface area contributed by atoms with Gasteiger partial charge in [-0.05, 0) is 48.9 Å². The molecule has 32 heavy (non-hydrogen) atoms. The van der Waals surface area contributed by atoms with E-state index >= 15 is 0 Å². The van der Waals surface area contributed by atoms with Gasteiger partial charge in [0.05, 0.1) is 44.3 Å². The van der Waals surface area contributed by atoms with Crippen LogP contribution in [0.1, 0.15) is 27.7 Å². The minimum absolute atomic E-state index is 0.386. The number of nitrogens with one attached hydrogen (secondary N) is 1. The average Bonchev–Trinajstić information content (AvgIpc) is 2.81. The molecule has 1 N–H and O–H groups in total. The largest absolute Gasteiger partial charge is 0.493 e. The number of benzene rings is 2. The smallest absolute Gasteiger partial charge is 0.254 e. The molecular formula is C24H22BrN3O4. The second-order valence-electron chi connectivity index (χ2n) is 6.83. The molecule has 1 atom stereocenters. The Bertz CT molecular complexity index is 1170. The van der Waals surface area contributed by atoms with Gasteiger partial charge in [-0.3, -0.25) is 9.78 Å². The maximum atomic E-state index is 12.9. The van der Waals surface area contributed by atoms with E-state index in [1.807, 2.05) is 24.3 Å². The lowest BCUT2D eigenvalue weighted by atomic mass is 10.0. The summed E-state index contributed by atoms with van der Waals surface area (Å²) in [5, 5.41) is 12.5. The quantitative estimate of drug-likeness (QED) is 0.503. The lowest BCUT2D eigenvalue weighted by molar-refractivity contribution is 0.0944. The van der Waals surface area contributed by atoms with Crippen molar-refractivity contribution >= 4 is 21.8 Å². The Morgan fingerprint density at radius 3 is 2.28 bits per heavy atom. The van der Waals surface area contributed by atoms with Crippen LogP contribution in [0.4, 0.5) is 0 Å². The summed E-state index contributed by atoms with van der Waals surface area (Å²) >= 11 is 3.45. The van der Waals surface area contributed by atoms with E-state index in [1.54, 1.807) is 31.2 Å². The van der Waals surface area contributed by atoms with Crippen molar-refractivity contribution < 1.29 is 19.0 Å². The van der Waals surface area contributed by atoms with Crippen molar-refractivity contribution in [2.24, 2.45) is 0 Å². The number of nitriles is 1. The van der Waals surface area contributed by atoms with Gasteiger partial charge in [0.25, 0.3) is 5.91 Å². The first kappa shape index (κ1) is 23.1. The fourth-order valence-electron chi connectivity index (χ4n) is 3.28. The topological polar surface area (TPSA) is 93.5 Å². The number of pyridine rings is 1. The van der Waals surface area contributed by atoms with Gasteiger partial charge < -0.3 is 19.5 Å². The standard InChI is InChI=1S/C24H22BrN3O4/c1-14-18(8-9-19(27-14)15-6-5-7-17(25)10-15)24(29)28-20(13-26)16-11-21(30-2)23(32-4)22(12-16)31-3/h5-12,20H,1-4H3,(H,28,29). The summed E-state index contributed by atoms with van der Waals surface area (Å²) in [7, 11) is 4.48. The Balaban J connectivity index is 1.88. The summed E-state index contributed by atoms with van der Waals surface area (Å²) in [6.07, 6.45) is 0. The maximum absolute atomic E-state index is 12.9. The van der Waals surface area contributed by atoms with Crippen LogP contribution in [-0.2, 0) is 0 Å². The van der Waals surface area contributed by atoms with Crippen molar-refractivity contribution in [3.63, 3.8) is 0 Å². The highest BCUT2D eigenvalue weighted by molar-refractivity contribution is 9.10. The second-order valence-corrected chi connectivity index (χ2v) is 7.75. The minimum atomic E-state index is -0.930. The summed E-state index contributed by atoms with van der Waals surface area (Å²) in [5.74, 6) is 0.793. The molecule has 1 amide bonds. The molecule has 8 heteroatoms. The van der Waals surface area contributed by atoms with E-state index in [2.05, 4.69) is 32.3 Å². The maximum Gasteiger partial charge on any atom is 0.254 e. The third-order valence-electron chi connectivity index (χ3n) is 4.88. The number of ether oxygens (including phenoxy) is 3. The van der Waals surface area contributed by atoms with Crippen molar-refractivity contribution in [3.8, 4) is 34.6 Å². The zero-order valence-corrected chi connectivity index (χ0v) is 19.7. The lowest BCUT2D eigenvalue weighted by Gasteiger charge is -2.18. The first-order chi connectivity index (χ1) is 15.4. The summed E-state index contributed by atoms with van der Waals surface area (Å²) in [6, 6.07) is 15.7. The summed E-state index contributed by atoms with van der Waals surface area (Å²) in [6.45, 7) is 1.76. The number of amides is 1. The van der Waals surface area contributed by atoms with E-state index in [-0.39, 0.29) is 0 Å². The van der Waals surface area contributed by atoms with Gasteiger partial charge >= 0.3 is 0 Å². The van der Waals surface area contributed by atoms with E-state index in [9.17, 15) is 10.1 Å². The number of methoxy groups -OCH3 is 3. The zero-order chi connectivity index (χ0) is 23.3. The Hall–Kier alpha value is -3.57. The predicted molar refractivity (Wildman–Crippen MR) is 124 cm³/mol. The number of aryl methyl sites for hydroxylation is 1. The van der Waals surface area contributed by atoms with Crippen LogP contribution in [0.5, 0.6) is 17.2 Å². The van der Waals surface area contributed by atoms with Crippen LogP contribution in [-0.4, -0.2) is 32.2 Å². The Kier molecular flexibility index (Phi) is 7.33. The van der Waals surface area contributed by atoms with Gasteiger partial charge in [-0.25, -0.2) is 0 Å². The third kappa shape index (κ3) is 4.84. The fourth-order valence-corrected chi connectivity index (χ4v) is 3.68. The molecule has 2 aromatic carbocycles. The highest BCUT2D eigenvalue weighted by Crippen LogP contribution is 2.39. The van der Waals surface area contributed by atoms with Crippen molar-refractivity contribution in [2.75, 3.05) is 21.3 Å². The Labute approximate surface area is 195 Å². The highest BCUT2D eigenvalue weighted by atomic mass is 79.9. The molecule has 1 aromatic heterocycles. The van der Waals surface area contributed by atoms with Crippen molar-refractivity contribution in [1.82, 2.24) is 10.3 Å². The Morgan fingerprint density at radius 2 is 1.75 bits per heavy atom. The number of hydrogen-bond acceptors (Lipinski definition) is 6. The normalized spacial score (nSPS) is 11.2. The predicted octanol–water partition coefficient (Wildman–Crippen LogP) is 4.84. The molecule has 0 fully saturated rings. The molecule has 0 spiro atoms. The molecule has 1 unspecified atom stereocenters. The average molecular weight is 496 g/mol. The summed E-state index contributed by atoms with van der Waals surface area (Å²) < 4.78 is 17.0. The lowest BCUT2D eigenvalue weighted by Crippen LogP contribution is -2.28. The fraction of sp³-hybridized carbons (Fsp3) is 0.208. The van der Waals surface area contributed by atoms with Crippen molar-refractivity contribution in [1.29, 1.82) is 5.26 Å². The molecule has 3 rings (SSSR count). The van der Waals surface area contributed by atoms with Crippen LogP contribution in [0.15, 0.2) is 53.0 Å². The van der Waals surface area contributed by atoms with Crippen LogP contribution in [0.3, 0.4) is 0 Å². The first-order valence-electron chi connectivity index (χ1n) is 9.65. The molecule has 0 radical (unpaired) electrons. The molecule has 0 aliphatic carbocycles. The third-order valence-corrected chi connectivity index (χ3v) is 5.37. The van der Waals surface area contributed by atoms with Crippen LogP contribution >= 0.6 is 15.9 Å². The van der Waals surface area contributed by atoms with Gasteiger partial charge in [0.15, 0.2) is 11.5 Å². The minimum Gasteiger partial charge on any atom is -0.493 e. The molecule has 0 saturated carbocycles. The monoisotopic (exact) mass is 495 g/mol. The van der Waals surface area contributed by atoms with Gasteiger partial charge in [-0.1, -0.05) is 28.1 Å². The number of carbonyl (C=O) groups excluding carboxylic acids is 1. The van der Waals surface area contributed by atoms with Crippen LogP contribution in [0.2, 0.25) is 0 Å². The van der Waals surface area contributed by atoms with Crippen LogP contribution in [0, 0.1) is 18.3 Å². The first-order valence-corrected chi connectivity index (χ1v) is 10.4. The molecule has 0 bridgehead atoms. The number of hydrogen-bond donors (Lipinski definition) is 1. The van der Waals surface area contributed by atoms with E-state index in [4.69, 9.17) is 14.2 Å². The molecule has 0 aliphatic rings. The van der Waals surface area contributed by atoms with Gasteiger partial charge in [0, 0.05) is 10.0 Å². The molecule has 7 nitrogen and oxygen atoms in total. The van der Waals surface area contributed by atoms with E-state index < -0.39 is 11.9 Å². The van der Waals surface area contributed by atoms with Gasteiger partial charge in [0.2, 0.25) is 5.75 Å². The summed E-state index contributed by atoms with van der Waals surface area (Å²) in [4.78, 5) is 17.5. The molecule has 0 aliphatic heterocycles. The van der Waals surface area contributed by atoms with Crippen LogP contribution in [0.25, 0.3) is 11.3 Å². The molecule has 164 valence electrons. The SMILES string of the molecule is COc1cc(C(C#N)NC(=O)c2ccc(-c3cccc(Br)c3)nc2C)cc(OC)c1OC. The van der Waals surface area contributed by atoms with Crippen LogP contribution < -0.4 is 19.5 Å². The number of nitrogens with zero attached hydrogens (tertiary/aromatic N) is 2. The number of halogens is 1. The van der Waals surface area contributed by atoms with E-state index in [0.29, 0.717) is 34.1 Å². The molecule has 3 aromatic rings. The highest BCUT2D eigenvalue weighted by Gasteiger charge is 2.22. The van der Waals surface area contributed by atoms with Gasteiger partial charge in [-0.15, -0.1) is 0 Å². The van der Waals surface area contributed by atoms with Gasteiger partial charge in [-0.2, -0.15) is 5.26 Å². The number of aromatic nitrogens is 1. The van der Waals surface area contributed by atoms with Crippen molar-refractivity contribution in [2.45, 2.75) is 13.0 Å². The zero-order valence-electron chi connectivity index (χ0n) is 18.1. The molecule has 0 saturated heterocycles. The van der Waals surface area contributed by atoms with Crippen molar-refractivity contribution in [3.05, 3.63) is 69.8 Å². The molecule has 1 heterocycles.